The van der Waals surface area contributed by atoms with Crippen LogP contribution < -0.4 is 10.2 Å². The van der Waals surface area contributed by atoms with Crippen LogP contribution in [0.25, 0.3) is 0 Å². The summed E-state index contributed by atoms with van der Waals surface area (Å²) in [5.74, 6) is 1.35. The van der Waals surface area contributed by atoms with Crippen molar-refractivity contribution in [3.8, 4) is 0 Å². The lowest BCUT2D eigenvalue weighted by atomic mass is 10.2. The van der Waals surface area contributed by atoms with Gasteiger partial charge in [0.25, 0.3) is 0 Å². The van der Waals surface area contributed by atoms with E-state index in [2.05, 4.69) is 29.2 Å². The lowest BCUT2D eigenvalue weighted by Gasteiger charge is -2.36. The van der Waals surface area contributed by atoms with Gasteiger partial charge in [0.15, 0.2) is 0 Å². The summed E-state index contributed by atoms with van der Waals surface area (Å²) in [6.07, 6.45) is 0. The predicted octanol–water partition coefficient (Wildman–Crippen LogP) is 0.507. The Morgan fingerprint density at radius 3 is 2.50 bits per heavy atom. The van der Waals surface area contributed by atoms with Gasteiger partial charge in [-0.25, -0.2) is 0 Å². The first-order valence-corrected chi connectivity index (χ1v) is 7.28. The van der Waals surface area contributed by atoms with Crippen molar-refractivity contribution in [2.45, 2.75) is 27.3 Å². The molecular formula is C14H25N5O. The third kappa shape index (κ3) is 2.95. The molecule has 1 aromatic heterocycles. The zero-order valence-electron chi connectivity index (χ0n) is 12.9. The van der Waals surface area contributed by atoms with Crippen molar-refractivity contribution in [1.29, 1.82) is 0 Å². The molecular weight excluding hydrogens is 254 g/mol. The number of anilines is 1. The van der Waals surface area contributed by atoms with E-state index < -0.39 is 0 Å². The van der Waals surface area contributed by atoms with E-state index in [1.807, 2.05) is 16.6 Å². The molecule has 0 unspecified atom stereocenters. The number of aryl methyl sites for hydroxylation is 2. The first kappa shape index (κ1) is 14.8. The number of amides is 1. The Labute approximate surface area is 120 Å². The zero-order chi connectivity index (χ0) is 14.7. The van der Waals surface area contributed by atoms with Crippen LogP contribution in [0, 0.1) is 6.92 Å². The van der Waals surface area contributed by atoms with Crippen molar-refractivity contribution in [1.82, 2.24) is 20.0 Å². The molecule has 20 heavy (non-hydrogen) atoms. The molecule has 2 rings (SSSR count). The van der Waals surface area contributed by atoms with E-state index in [9.17, 15) is 4.79 Å². The van der Waals surface area contributed by atoms with Crippen LogP contribution in [-0.4, -0.2) is 53.3 Å². The monoisotopic (exact) mass is 279 g/mol. The summed E-state index contributed by atoms with van der Waals surface area (Å²) in [7, 11) is 2.00. The number of hydrogen-bond acceptors (Lipinski definition) is 4. The minimum Gasteiger partial charge on any atom is -0.353 e. The Morgan fingerprint density at radius 1 is 1.30 bits per heavy atom. The van der Waals surface area contributed by atoms with Gasteiger partial charge in [0, 0.05) is 52.3 Å². The highest BCUT2D eigenvalue weighted by Gasteiger charge is 2.24. The van der Waals surface area contributed by atoms with Gasteiger partial charge in [-0.15, -0.1) is 0 Å². The van der Waals surface area contributed by atoms with Crippen molar-refractivity contribution in [3.63, 3.8) is 0 Å². The molecule has 1 fully saturated rings. The van der Waals surface area contributed by atoms with Gasteiger partial charge < -0.3 is 15.1 Å². The molecule has 6 nitrogen and oxygen atoms in total. The maximum absolute atomic E-state index is 11.4. The zero-order valence-corrected chi connectivity index (χ0v) is 12.9. The third-order valence-electron chi connectivity index (χ3n) is 3.89. The van der Waals surface area contributed by atoms with Gasteiger partial charge >= 0.3 is 0 Å². The molecule has 1 aliphatic heterocycles. The molecule has 2 heterocycles. The minimum absolute atomic E-state index is 0.165. The van der Waals surface area contributed by atoms with Crippen LogP contribution >= 0.6 is 0 Å². The van der Waals surface area contributed by atoms with E-state index in [0.29, 0.717) is 0 Å². The Hall–Kier alpha value is -1.56. The largest absolute Gasteiger partial charge is 0.353 e. The highest BCUT2D eigenvalue weighted by atomic mass is 16.2. The second-order valence-electron chi connectivity index (χ2n) is 5.28. The Kier molecular flexibility index (Phi) is 4.65. The summed E-state index contributed by atoms with van der Waals surface area (Å²) in [4.78, 5) is 15.6. The number of carbonyl (C=O) groups is 1. The van der Waals surface area contributed by atoms with Crippen molar-refractivity contribution in [3.05, 3.63) is 11.3 Å². The van der Waals surface area contributed by atoms with Gasteiger partial charge in [-0.2, -0.15) is 5.10 Å². The molecule has 1 aliphatic rings. The summed E-state index contributed by atoms with van der Waals surface area (Å²) < 4.78 is 1.96. The van der Waals surface area contributed by atoms with Crippen LogP contribution in [0.2, 0.25) is 0 Å². The van der Waals surface area contributed by atoms with Gasteiger partial charge in [0.2, 0.25) is 5.91 Å². The molecule has 1 N–H and O–H groups in total. The molecule has 1 saturated heterocycles. The summed E-state index contributed by atoms with van der Waals surface area (Å²) in [5.41, 5.74) is 2.35. The number of rotatable bonds is 4. The fourth-order valence-electron chi connectivity index (χ4n) is 2.78. The van der Waals surface area contributed by atoms with Crippen LogP contribution in [0.3, 0.4) is 0 Å². The van der Waals surface area contributed by atoms with Crippen LogP contribution in [0.4, 0.5) is 5.82 Å². The summed E-state index contributed by atoms with van der Waals surface area (Å²) in [6.45, 7) is 10.9. The third-order valence-corrected chi connectivity index (χ3v) is 3.89. The standard InChI is InChI=1S/C14H25N5O/c1-5-15-10-13-11(2)16-17(4)14(13)19-8-6-18(7-9-19)12(3)20/h15H,5-10H2,1-4H3. The second-order valence-corrected chi connectivity index (χ2v) is 5.28. The average Bonchev–Trinajstić information content (AvgIpc) is 2.70. The topological polar surface area (TPSA) is 53.4 Å². The van der Waals surface area contributed by atoms with E-state index in [1.165, 1.54) is 11.4 Å². The molecule has 0 saturated carbocycles. The number of aromatic nitrogens is 2. The quantitative estimate of drug-likeness (QED) is 0.872. The molecule has 0 bridgehead atoms. The van der Waals surface area contributed by atoms with Gasteiger partial charge in [-0.3, -0.25) is 9.48 Å². The maximum atomic E-state index is 11.4. The number of piperazine rings is 1. The molecule has 6 heteroatoms. The molecule has 0 radical (unpaired) electrons. The van der Waals surface area contributed by atoms with Crippen LogP contribution in [0.1, 0.15) is 25.1 Å². The van der Waals surface area contributed by atoms with Crippen molar-refractivity contribution in [2.75, 3.05) is 37.6 Å². The minimum atomic E-state index is 0.165. The van der Waals surface area contributed by atoms with Crippen molar-refractivity contribution in [2.24, 2.45) is 7.05 Å². The van der Waals surface area contributed by atoms with E-state index >= 15 is 0 Å². The molecule has 0 aliphatic carbocycles. The van der Waals surface area contributed by atoms with Gasteiger partial charge in [-0.1, -0.05) is 6.92 Å². The summed E-state index contributed by atoms with van der Waals surface area (Å²) >= 11 is 0. The molecule has 0 atom stereocenters. The van der Waals surface area contributed by atoms with E-state index in [-0.39, 0.29) is 5.91 Å². The molecule has 1 amide bonds. The van der Waals surface area contributed by atoms with Gasteiger partial charge in [0.1, 0.15) is 5.82 Å². The second kappa shape index (κ2) is 6.26. The number of nitrogens with one attached hydrogen (secondary N) is 1. The van der Waals surface area contributed by atoms with Crippen LogP contribution in [0.15, 0.2) is 0 Å². The molecule has 0 aromatic carbocycles. The molecule has 112 valence electrons. The first-order valence-electron chi connectivity index (χ1n) is 7.28. The Morgan fingerprint density at radius 2 is 1.95 bits per heavy atom. The van der Waals surface area contributed by atoms with E-state index in [1.54, 1.807) is 6.92 Å². The highest BCUT2D eigenvalue weighted by Crippen LogP contribution is 2.24. The smallest absolute Gasteiger partial charge is 0.219 e. The Balaban J connectivity index is 2.14. The number of hydrogen-bond donors (Lipinski definition) is 1. The van der Waals surface area contributed by atoms with Crippen molar-refractivity contribution >= 4 is 11.7 Å². The lowest BCUT2D eigenvalue weighted by Crippen LogP contribution is -2.48. The fraction of sp³-hybridized carbons (Fsp3) is 0.714. The summed E-state index contributed by atoms with van der Waals surface area (Å²) in [6, 6.07) is 0. The number of carbonyl (C=O) groups excluding carboxylic acids is 1. The maximum Gasteiger partial charge on any atom is 0.219 e. The van der Waals surface area contributed by atoms with E-state index in [0.717, 1.165) is 45.0 Å². The number of nitrogens with zero attached hydrogens (tertiary/aromatic N) is 4. The SMILES string of the molecule is CCNCc1c(C)nn(C)c1N1CCN(C(C)=O)CC1. The molecule has 0 spiro atoms. The van der Waals surface area contributed by atoms with Gasteiger partial charge in [0.05, 0.1) is 5.69 Å². The first-order chi connectivity index (χ1) is 9.54. The normalized spacial score (nSPS) is 15.8. The van der Waals surface area contributed by atoms with Crippen LogP contribution in [0.5, 0.6) is 0 Å². The van der Waals surface area contributed by atoms with E-state index in [4.69, 9.17) is 0 Å². The summed E-state index contributed by atoms with van der Waals surface area (Å²) in [5, 5.41) is 7.93. The molecule has 1 aromatic rings. The van der Waals surface area contributed by atoms with Crippen molar-refractivity contribution < 1.29 is 4.79 Å². The lowest BCUT2D eigenvalue weighted by molar-refractivity contribution is -0.129. The van der Waals surface area contributed by atoms with Gasteiger partial charge in [-0.05, 0) is 13.5 Å². The Bertz CT molecular complexity index is 474. The highest BCUT2D eigenvalue weighted by molar-refractivity contribution is 5.73. The average molecular weight is 279 g/mol. The van der Waals surface area contributed by atoms with Crippen LogP contribution in [-0.2, 0) is 18.4 Å². The fourth-order valence-corrected chi connectivity index (χ4v) is 2.78. The predicted molar refractivity (Wildman–Crippen MR) is 79.8 cm³/mol.